The number of benzene rings is 10. The van der Waals surface area contributed by atoms with Crippen molar-refractivity contribution in [1.29, 1.82) is 0 Å². The molecule has 0 fully saturated rings. The smallest absolute Gasteiger partial charge is 0.335 e. The first-order valence-electron chi connectivity index (χ1n) is 36.9. The molecule has 40 heteroatoms. The van der Waals surface area contributed by atoms with E-state index in [0.29, 0.717) is 51.0 Å². The number of para-hydroxylation sites is 5. The fourth-order valence-electron chi connectivity index (χ4n) is 10.5. The van der Waals surface area contributed by atoms with Crippen LogP contribution in [0.2, 0.25) is 0 Å². The summed E-state index contributed by atoms with van der Waals surface area (Å²) in [5.41, 5.74) is 0.810. The van der Waals surface area contributed by atoms with E-state index in [-0.39, 0.29) is 81.8 Å². The number of aryl methyl sites for hydroxylation is 4. The van der Waals surface area contributed by atoms with E-state index in [9.17, 15) is 71.2 Å². The Hall–Kier alpha value is -14.7. The summed E-state index contributed by atoms with van der Waals surface area (Å²) >= 11 is 3.43. The van der Waals surface area contributed by atoms with Crippen molar-refractivity contribution in [3.05, 3.63) is 382 Å². The van der Waals surface area contributed by atoms with Crippen molar-refractivity contribution in [1.82, 2.24) is 9.55 Å². The first kappa shape index (κ1) is 101. The van der Waals surface area contributed by atoms with Gasteiger partial charge in [0.05, 0.1) is 46.0 Å². The summed E-state index contributed by atoms with van der Waals surface area (Å²) in [5, 5.41) is 79.4. The molecule has 0 unspecified atom stereocenters. The molecule has 0 aliphatic carbocycles. The minimum atomic E-state index is -4.22. The highest BCUT2D eigenvalue weighted by Crippen LogP contribution is 2.40. The number of aromatic carboxylic acids is 5. The number of aromatic nitrogens is 2. The van der Waals surface area contributed by atoms with E-state index >= 15 is 0 Å². The molecule has 15 rings (SSSR count). The highest BCUT2D eigenvalue weighted by Gasteiger charge is 2.28. The fraction of sp³-hybridized carbons (Fsp3) is 0.0449. The molecule has 0 amide bonds. The Labute approximate surface area is 749 Å². The quantitative estimate of drug-likeness (QED) is 0.0318. The SMILES string of the molecule is Cc1cc(C(=O)O)cc(S(N)(=O)=O)c1Oc1ccccc1.Cc1cc(C(=O)O)cc(S(N)(=O)=O)c1Oc1ccccc1.Cc1cc(C(=O)O)cc(S(N)(=O)=O)c1Oc1ccccc1.Cc1cc(C(=O)O)cc(S(N)(=O)=O)c1Oc1ccccc1.NS(=O)(=O)c1cc(C(=O)O)cc(-n2cccc2)c1Oc1ccccc1.c1cc[nH]c1.c1ccoc1.c1ccsc1.c1ccsc1. The van der Waals surface area contributed by atoms with Crippen LogP contribution in [0.25, 0.3) is 5.69 Å². The summed E-state index contributed by atoms with van der Waals surface area (Å²) in [6.07, 6.45) is 10.3. The van der Waals surface area contributed by atoms with Crippen LogP contribution in [-0.2, 0) is 50.1 Å². The highest BCUT2D eigenvalue weighted by atomic mass is 32.2. The number of nitrogens with two attached hydrogens (primary N) is 5. The lowest BCUT2D eigenvalue weighted by Crippen LogP contribution is -2.16. The number of ether oxygens (including phenoxy) is 5. The molecule has 672 valence electrons. The number of carbonyl (C=O) groups is 5. The van der Waals surface area contributed by atoms with E-state index in [1.54, 1.807) is 244 Å². The lowest BCUT2D eigenvalue weighted by atomic mass is 10.1. The van der Waals surface area contributed by atoms with Crippen molar-refractivity contribution < 1.29 is 120 Å². The standard InChI is InChI=1S/C17H14N2O5S.4C14H13NO5S.C4H5N.C4H4O.2C4H4S/c18-25(22,23)15-11-12(17(20)21)10-14(19-8-4-5-9-19)16(15)24-13-6-2-1-3-7-13;4*1-9-7-10(14(16)17)8-12(21(15,18)19)13(9)20-11-5-3-2-4-6-11;4*1-2-4-5-3-1/h1-11H,(H,20,21)(H2,18,22,23);4*2-8H,1H3,(H,16,17)(H2,15,18,19);1-5H;3*1-4H. The van der Waals surface area contributed by atoms with Crippen molar-refractivity contribution in [2.75, 3.05) is 0 Å². The summed E-state index contributed by atoms with van der Waals surface area (Å²) < 4.78 is 152. The van der Waals surface area contributed by atoms with E-state index in [1.807, 2.05) is 82.4 Å². The maximum atomic E-state index is 12.0. The number of thiophene rings is 2. The van der Waals surface area contributed by atoms with Crippen molar-refractivity contribution in [2.45, 2.75) is 52.2 Å². The second-order valence-corrected chi connectivity index (χ2v) is 35.3. The molecule has 129 heavy (non-hydrogen) atoms. The van der Waals surface area contributed by atoms with Gasteiger partial charge in [-0.2, -0.15) is 22.7 Å². The Kier molecular flexibility index (Phi) is 37.9. The number of sulfonamides is 5. The molecule has 0 radical (unpaired) electrons. The summed E-state index contributed by atoms with van der Waals surface area (Å²) in [7, 11) is -20.7. The Bertz CT molecular complexity index is 6070. The van der Waals surface area contributed by atoms with Crippen LogP contribution in [0.4, 0.5) is 0 Å². The van der Waals surface area contributed by atoms with Crippen LogP contribution in [-0.4, -0.2) is 107 Å². The first-order valence-corrected chi connectivity index (χ1v) is 46.5. The monoisotopic (exact) mass is 1890 g/mol. The third-order valence-electron chi connectivity index (χ3n) is 16.2. The Morgan fingerprint density at radius 1 is 0.295 bits per heavy atom. The van der Waals surface area contributed by atoms with Gasteiger partial charge in [-0.05, 0) is 229 Å². The third kappa shape index (κ3) is 33.0. The zero-order valence-electron chi connectivity index (χ0n) is 68.3. The normalized spacial score (nSPS) is 10.7. The topological polar surface area (TPSA) is 567 Å². The molecule has 33 nitrogen and oxygen atoms in total. The molecule has 15 aromatic rings. The summed E-state index contributed by atoms with van der Waals surface area (Å²) in [6, 6.07) is 73.4. The average molecular weight is 1890 g/mol. The molecule has 0 aliphatic rings. The van der Waals surface area contributed by atoms with E-state index in [0.717, 1.165) is 30.3 Å². The number of carboxylic acids is 5. The third-order valence-corrected chi connectivity index (χ3v) is 22.1. The first-order chi connectivity index (χ1) is 61.0. The molecule has 0 bridgehead atoms. The van der Waals surface area contributed by atoms with E-state index in [4.69, 9.17) is 69.8 Å². The molecular weight excluding hydrogens is 1810 g/mol. The molecular formula is C89H83N7O26S7. The van der Waals surface area contributed by atoms with E-state index in [2.05, 4.69) is 9.40 Å². The largest absolute Gasteiger partial charge is 0.478 e. The van der Waals surface area contributed by atoms with Gasteiger partial charge in [0.1, 0.15) is 76.2 Å². The number of primary sulfonamides is 5. The molecule has 10 aromatic carbocycles. The lowest BCUT2D eigenvalue weighted by molar-refractivity contribution is 0.0685. The predicted molar refractivity (Wildman–Crippen MR) is 483 cm³/mol. The highest BCUT2D eigenvalue weighted by molar-refractivity contribution is 7.90. The van der Waals surface area contributed by atoms with Gasteiger partial charge >= 0.3 is 29.8 Å². The zero-order chi connectivity index (χ0) is 94.7. The van der Waals surface area contributed by atoms with Crippen molar-refractivity contribution in [2.24, 2.45) is 25.7 Å². The van der Waals surface area contributed by atoms with Gasteiger partial charge in [0.2, 0.25) is 50.1 Å². The number of aromatic amines is 1. The number of hydrogen-bond donors (Lipinski definition) is 11. The van der Waals surface area contributed by atoms with Crippen LogP contribution < -0.4 is 49.4 Å². The van der Waals surface area contributed by atoms with Gasteiger partial charge in [-0.1, -0.05) is 115 Å². The van der Waals surface area contributed by atoms with Gasteiger partial charge in [0.15, 0.2) is 5.75 Å². The summed E-state index contributed by atoms with van der Waals surface area (Å²) in [5.74, 6) is -4.11. The minimum absolute atomic E-state index is 0.0219. The number of rotatable bonds is 21. The molecule has 16 N–H and O–H groups in total. The number of carboxylic acid groups (broad SMARTS) is 5. The number of nitrogens with zero attached hydrogens (tertiary/aromatic N) is 1. The molecule has 0 spiro atoms. The molecule has 0 aliphatic heterocycles. The number of nitrogens with one attached hydrogen (secondary N) is 1. The number of H-pyrrole nitrogens is 1. The van der Waals surface area contributed by atoms with Crippen molar-refractivity contribution in [3.8, 4) is 63.2 Å². The molecule has 0 atom stereocenters. The van der Waals surface area contributed by atoms with Crippen LogP contribution in [0.1, 0.15) is 74.0 Å². The maximum Gasteiger partial charge on any atom is 0.335 e. The van der Waals surface area contributed by atoms with Crippen molar-refractivity contribution in [3.63, 3.8) is 0 Å². The molecule has 0 saturated heterocycles. The van der Waals surface area contributed by atoms with Gasteiger partial charge in [-0.3, -0.25) is 0 Å². The molecule has 5 aromatic heterocycles. The Balaban J connectivity index is 0.000000209. The molecule has 5 heterocycles. The Morgan fingerprint density at radius 2 is 0.512 bits per heavy atom. The van der Waals surface area contributed by atoms with Crippen LogP contribution in [0, 0.1) is 27.7 Å². The zero-order valence-corrected chi connectivity index (χ0v) is 74.0. The minimum Gasteiger partial charge on any atom is -0.478 e. The Morgan fingerprint density at radius 3 is 0.690 bits per heavy atom. The lowest BCUT2D eigenvalue weighted by Gasteiger charge is -2.16. The van der Waals surface area contributed by atoms with Crippen LogP contribution in [0.3, 0.4) is 0 Å². The van der Waals surface area contributed by atoms with Crippen LogP contribution in [0.15, 0.2) is 361 Å². The van der Waals surface area contributed by atoms with Gasteiger partial charge < -0.3 is 63.2 Å². The van der Waals surface area contributed by atoms with Gasteiger partial charge in [0.25, 0.3) is 0 Å². The van der Waals surface area contributed by atoms with Crippen LogP contribution in [0.5, 0.6) is 57.5 Å². The number of hydrogen-bond acceptors (Lipinski definition) is 23. The maximum absolute atomic E-state index is 12.0. The second-order valence-electron chi connectivity index (χ2n) is 26.0. The average Bonchev–Trinajstić information content (AvgIpc) is 1.73. The predicted octanol–water partition coefficient (Wildman–Crippen LogP) is 16.9. The van der Waals surface area contributed by atoms with E-state index in [1.165, 1.54) is 30.3 Å². The van der Waals surface area contributed by atoms with Gasteiger partial charge in [-0.25, -0.2) is 91.8 Å². The summed E-state index contributed by atoms with van der Waals surface area (Å²) in [4.78, 5) is 56.5. The number of furan rings is 1. The van der Waals surface area contributed by atoms with E-state index < -0.39 is 84.9 Å². The van der Waals surface area contributed by atoms with Crippen LogP contribution >= 0.6 is 22.7 Å². The van der Waals surface area contributed by atoms with Crippen molar-refractivity contribution >= 4 is 103 Å². The van der Waals surface area contributed by atoms with Gasteiger partial charge in [0, 0.05) is 24.8 Å². The summed E-state index contributed by atoms with van der Waals surface area (Å²) in [6.45, 7) is 6.22. The fourth-order valence-corrected chi connectivity index (χ4v) is 15.1. The second kappa shape index (κ2) is 48.2. The molecule has 0 saturated carbocycles. The van der Waals surface area contributed by atoms with Gasteiger partial charge in [-0.15, -0.1) is 0 Å².